The summed E-state index contributed by atoms with van der Waals surface area (Å²) in [4.78, 5) is 22.2. The quantitative estimate of drug-likeness (QED) is 0.469. The smallest absolute Gasteiger partial charge is 0.313 e. The van der Waals surface area contributed by atoms with Crippen LogP contribution < -0.4 is 0 Å². The highest BCUT2D eigenvalue weighted by Gasteiger charge is 2.15. The van der Waals surface area contributed by atoms with Crippen LogP contribution in [-0.2, 0) is 14.3 Å². The maximum Gasteiger partial charge on any atom is 0.313 e. The second-order valence-corrected chi connectivity index (χ2v) is 4.63. The Balaban J connectivity index is 2.80. The van der Waals surface area contributed by atoms with Crippen molar-refractivity contribution in [2.24, 2.45) is 0 Å². The first kappa shape index (κ1) is 15.6. The Morgan fingerprint density at radius 1 is 1.35 bits per heavy atom. The summed E-state index contributed by atoms with van der Waals surface area (Å²) in [6.45, 7) is 4.91. The number of nitrogens with zero attached hydrogens (tertiary/aromatic N) is 1. The molecule has 0 amide bonds. The second kappa shape index (κ2) is 7.25. The van der Waals surface area contributed by atoms with Crippen molar-refractivity contribution in [3.05, 3.63) is 41.0 Å². The monoisotopic (exact) mass is 271 g/mol. The minimum Gasteiger partial charge on any atom is -0.457 e. The molecule has 0 fully saturated rings. The van der Waals surface area contributed by atoms with E-state index in [1.54, 1.807) is 13.0 Å². The van der Waals surface area contributed by atoms with Crippen molar-refractivity contribution in [3.63, 3.8) is 0 Å². The van der Waals surface area contributed by atoms with E-state index in [1.807, 2.05) is 37.3 Å². The second-order valence-electron chi connectivity index (χ2n) is 4.63. The normalized spacial score (nSPS) is 12.4. The lowest BCUT2D eigenvalue weighted by Crippen LogP contribution is -2.18. The molecule has 20 heavy (non-hydrogen) atoms. The molecule has 0 spiro atoms. The van der Waals surface area contributed by atoms with E-state index in [0.717, 1.165) is 11.1 Å². The first-order chi connectivity index (χ1) is 9.42. The van der Waals surface area contributed by atoms with Crippen molar-refractivity contribution < 1.29 is 14.3 Å². The third kappa shape index (κ3) is 5.07. The Morgan fingerprint density at radius 3 is 2.45 bits per heavy atom. The summed E-state index contributed by atoms with van der Waals surface area (Å²) in [5.74, 6) is -0.877. The molecule has 1 aromatic rings. The van der Waals surface area contributed by atoms with Gasteiger partial charge in [0.05, 0.1) is 11.6 Å². The van der Waals surface area contributed by atoms with Gasteiger partial charge < -0.3 is 4.74 Å². The predicted octanol–water partition coefficient (Wildman–Crippen LogP) is 2.81. The molecule has 1 aromatic carbocycles. The molecule has 0 saturated carbocycles. The summed E-state index contributed by atoms with van der Waals surface area (Å²) in [6.07, 6.45) is 0.729. The molecule has 0 saturated heterocycles. The van der Waals surface area contributed by atoms with Crippen LogP contribution in [0.2, 0.25) is 0 Å². The van der Waals surface area contributed by atoms with Gasteiger partial charge in [0.2, 0.25) is 0 Å². The largest absolute Gasteiger partial charge is 0.457 e. The van der Waals surface area contributed by atoms with Crippen molar-refractivity contribution in [1.29, 1.82) is 5.26 Å². The average molecular weight is 271 g/mol. The molecular weight excluding hydrogens is 254 g/mol. The van der Waals surface area contributed by atoms with E-state index >= 15 is 0 Å². The number of rotatable bonds is 5. The summed E-state index contributed by atoms with van der Waals surface area (Å²) in [5.41, 5.74) is 2.33. The average Bonchev–Trinajstić information content (AvgIpc) is 2.36. The third-order valence-electron chi connectivity index (χ3n) is 2.67. The zero-order valence-corrected chi connectivity index (χ0v) is 11.8. The van der Waals surface area contributed by atoms with Gasteiger partial charge >= 0.3 is 5.97 Å². The number of esters is 1. The highest BCUT2D eigenvalue weighted by atomic mass is 16.5. The van der Waals surface area contributed by atoms with Crippen LogP contribution in [0.15, 0.2) is 29.8 Å². The summed E-state index contributed by atoms with van der Waals surface area (Å²) in [7, 11) is 0. The Hall–Kier alpha value is -2.41. The number of Topliss-reactive ketones (excluding diaryl/α,β-unsaturated/α-hetero) is 1. The van der Waals surface area contributed by atoms with Crippen LogP contribution in [0.1, 0.15) is 31.4 Å². The van der Waals surface area contributed by atoms with Gasteiger partial charge in [0, 0.05) is 0 Å². The van der Waals surface area contributed by atoms with Gasteiger partial charge in [-0.25, -0.2) is 0 Å². The van der Waals surface area contributed by atoms with Gasteiger partial charge in [-0.3, -0.25) is 9.59 Å². The topological polar surface area (TPSA) is 67.2 Å². The van der Waals surface area contributed by atoms with Gasteiger partial charge in [-0.1, -0.05) is 29.8 Å². The Labute approximate surface area is 118 Å². The molecule has 4 nitrogen and oxygen atoms in total. The molecule has 0 heterocycles. The molecule has 0 aliphatic heterocycles. The lowest BCUT2D eigenvalue weighted by Gasteiger charge is -2.11. The molecule has 0 aromatic heterocycles. The number of ketones is 1. The van der Waals surface area contributed by atoms with Gasteiger partial charge in [-0.05, 0) is 32.4 Å². The van der Waals surface area contributed by atoms with E-state index in [-0.39, 0.29) is 12.2 Å². The van der Waals surface area contributed by atoms with Crippen molar-refractivity contribution in [2.75, 3.05) is 0 Å². The first-order valence-electron chi connectivity index (χ1n) is 6.29. The maximum atomic E-state index is 11.4. The molecular formula is C16H17NO3. The van der Waals surface area contributed by atoms with E-state index in [2.05, 4.69) is 0 Å². The minimum absolute atomic E-state index is 0.261. The molecule has 104 valence electrons. The van der Waals surface area contributed by atoms with Crippen molar-refractivity contribution in [1.82, 2.24) is 0 Å². The van der Waals surface area contributed by atoms with Crippen LogP contribution in [0, 0.1) is 18.3 Å². The van der Waals surface area contributed by atoms with Crippen LogP contribution in [0.5, 0.6) is 0 Å². The predicted molar refractivity (Wildman–Crippen MR) is 75.6 cm³/mol. The molecule has 4 heteroatoms. The molecule has 0 radical (unpaired) electrons. The highest BCUT2D eigenvalue weighted by molar-refractivity contribution is 5.94. The molecule has 0 aliphatic rings. The summed E-state index contributed by atoms with van der Waals surface area (Å²) < 4.78 is 5.06. The summed E-state index contributed by atoms with van der Waals surface area (Å²) in [5, 5.41) is 9.13. The van der Waals surface area contributed by atoms with Crippen LogP contribution in [0.3, 0.4) is 0 Å². The van der Waals surface area contributed by atoms with Crippen LogP contribution in [0.25, 0.3) is 6.08 Å². The zero-order valence-electron chi connectivity index (χ0n) is 11.8. The molecule has 1 unspecified atom stereocenters. The maximum absolute atomic E-state index is 11.4. The van der Waals surface area contributed by atoms with Crippen LogP contribution in [0.4, 0.5) is 0 Å². The Kier molecular flexibility index (Phi) is 5.67. The lowest BCUT2D eigenvalue weighted by atomic mass is 10.1. The Morgan fingerprint density at radius 2 is 1.95 bits per heavy atom. The first-order valence-corrected chi connectivity index (χ1v) is 6.29. The Bertz CT molecular complexity index is 564. The zero-order chi connectivity index (χ0) is 15.1. The molecule has 1 atom stereocenters. The number of ether oxygens (including phenoxy) is 1. The number of benzene rings is 1. The fourth-order valence-corrected chi connectivity index (χ4v) is 1.59. The number of hydrogen-bond donors (Lipinski definition) is 0. The fraction of sp³-hybridized carbons (Fsp3) is 0.312. The van der Waals surface area contributed by atoms with Crippen molar-refractivity contribution >= 4 is 17.8 Å². The third-order valence-corrected chi connectivity index (χ3v) is 2.67. The molecule has 1 rings (SSSR count). The van der Waals surface area contributed by atoms with Gasteiger partial charge in [0.1, 0.15) is 18.3 Å². The number of hydrogen-bond acceptors (Lipinski definition) is 4. The van der Waals surface area contributed by atoms with E-state index in [0.29, 0.717) is 5.57 Å². The van der Waals surface area contributed by atoms with Crippen molar-refractivity contribution in [3.8, 4) is 6.07 Å². The number of carbonyl (C=O) groups is 2. The number of carbonyl (C=O) groups excluding carboxylic acids is 2. The van der Waals surface area contributed by atoms with Gasteiger partial charge in [0.25, 0.3) is 0 Å². The molecule has 0 aliphatic carbocycles. The lowest BCUT2D eigenvalue weighted by molar-refractivity contribution is -0.148. The van der Waals surface area contributed by atoms with E-state index in [9.17, 15) is 9.59 Å². The summed E-state index contributed by atoms with van der Waals surface area (Å²) >= 11 is 0. The van der Waals surface area contributed by atoms with E-state index in [4.69, 9.17) is 10.00 Å². The van der Waals surface area contributed by atoms with Gasteiger partial charge in [0.15, 0.2) is 0 Å². The molecule has 0 bridgehead atoms. The van der Waals surface area contributed by atoms with Crippen LogP contribution >= 0.6 is 0 Å². The standard InChI is InChI=1S/C16H17NO3/c1-11-4-6-14(7-5-11)9-15(10-17)13(3)20-16(19)8-12(2)18/h4-7,9,13H,8H2,1-3H3/b15-9+. The van der Waals surface area contributed by atoms with Crippen LogP contribution in [-0.4, -0.2) is 17.9 Å². The minimum atomic E-state index is -0.673. The number of nitriles is 1. The van der Waals surface area contributed by atoms with E-state index < -0.39 is 12.1 Å². The van der Waals surface area contributed by atoms with Crippen molar-refractivity contribution in [2.45, 2.75) is 33.3 Å². The van der Waals surface area contributed by atoms with Gasteiger partial charge in [-0.15, -0.1) is 0 Å². The highest BCUT2D eigenvalue weighted by Crippen LogP contribution is 2.13. The summed E-state index contributed by atoms with van der Waals surface area (Å²) in [6, 6.07) is 9.67. The fourth-order valence-electron chi connectivity index (χ4n) is 1.59. The SMILES string of the molecule is CC(=O)CC(=O)OC(C)/C(C#N)=C/c1ccc(C)cc1. The molecule has 0 N–H and O–H groups in total. The van der Waals surface area contributed by atoms with E-state index in [1.165, 1.54) is 6.92 Å². The van der Waals surface area contributed by atoms with Gasteiger partial charge in [-0.2, -0.15) is 5.26 Å². The number of aryl methyl sites for hydroxylation is 1.